The molecule has 0 radical (unpaired) electrons. The van der Waals surface area contributed by atoms with Gasteiger partial charge in [-0.25, -0.2) is 8.42 Å². The summed E-state index contributed by atoms with van der Waals surface area (Å²) in [7, 11) is -4.11. The van der Waals surface area contributed by atoms with Crippen molar-refractivity contribution in [3.63, 3.8) is 0 Å². The van der Waals surface area contributed by atoms with E-state index in [1.807, 2.05) is 60.7 Å². The van der Waals surface area contributed by atoms with Crippen LogP contribution in [0.5, 0.6) is 0 Å². The van der Waals surface area contributed by atoms with Crippen LogP contribution in [-0.4, -0.2) is 19.3 Å². The standard InChI is InChI=1S/C22H21O2PS/c23-26(24,20-14-7-8-15-20)22-17-9-16-21(22)25(18-10-3-1-4-11-18)19-12-5-2-6-13-19/h1-7,9-15,17,21-22H,8,16H2/t21?,22-/m1/s1. The van der Waals surface area contributed by atoms with Crippen molar-refractivity contribution in [3.8, 4) is 0 Å². The number of hydrogen-bond donors (Lipinski definition) is 0. The molecule has 26 heavy (non-hydrogen) atoms. The van der Waals surface area contributed by atoms with Crippen LogP contribution < -0.4 is 10.6 Å². The van der Waals surface area contributed by atoms with Crippen LogP contribution in [0.15, 0.2) is 95.9 Å². The number of hydrogen-bond acceptors (Lipinski definition) is 2. The highest BCUT2D eigenvalue weighted by Gasteiger charge is 2.41. The van der Waals surface area contributed by atoms with Crippen molar-refractivity contribution in [2.45, 2.75) is 23.8 Å². The van der Waals surface area contributed by atoms with Crippen molar-refractivity contribution in [2.24, 2.45) is 0 Å². The summed E-state index contributed by atoms with van der Waals surface area (Å²) < 4.78 is 26.5. The highest BCUT2D eigenvalue weighted by Crippen LogP contribution is 2.48. The van der Waals surface area contributed by atoms with Gasteiger partial charge in [0.15, 0.2) is 9.84 Å². The first-order valence-corrected chi connectivity index (χ1v) is 11.8. The first kappa shape index (κ1) is 17.5. The van der Waals surface area contributed by atoms with Gasteiger partial charge in [0.2, 0.25) is 0 Å². The minimum absolute atomic E-state index is 0.0645. The summed E-state index contributed by atoms with van der Waals surface area (Å²) in [5.74, 6) is 0. The maximum atomic E-state index is 13.3. The predicted molar refractivity (Wildman–Crippen MR) is 111 cm³/mol. The molecule has 132 valence electrons. The molecule has 1 unspecified atom stereocenters. The van der Waals surface area contributed by atoms with Gasteiger partial charge in [-0.15, -0.1) is 0 Å². The molecule has 0 N–H and O–H groups in total. The Kier molecular flexibility index (Phi) is 4.93. The van der Waals surface area contributed by atoms with Gasteiger partial charge in [-0.1, -0.05) is 85.0 Å². The van der Waals surface area contributed by atoms with E-state index in [9.17, 15) is 8.42 Å². The van der Waals surface area contributed by atoms with Gasteiger partial charge in [0, 0.05) is 5.66 Å². The van der Waals surface area contributed by atoms with Crippen LogP contribution >= 0.6 is 7.92 Å². The lowest BCUT2D eigenvalue weighted by Crippen LogP contribution is -2.33. The minimum atomic E-state index is -3.34. The Morgan fingerprint density at radius 3 is 2.00 bits per heavy atom. The molecule has 2 aliphatic carbocycles. The fourth-order valence-electron chi connectivity index (χ4n) is 3.69. The lowest BCUT2D eigenvalue weighted by Gasteiger charge is -2.30. The van der Waals surface area contributed by atoms with Gasteiger partial charge in [-0.05, 0) is 37.4 Å². The Morgan fingerprint density at radius 2 is 1.46 bits per heavy atom. The average molecular weight is 380 g/mol. The molecule has 4 heteroatoms. The molecule has 0 saturated carbocycles. The van der Waals surface area contributed by atoms with Gasteiger partial charge >= 0.3 is 0 Å². The zero-order valence-electron chi connectivity index (χ0n) is 14.4. The van der Waals surface area contributed by atoms with Crippen molar-refractivity contribution >= 4 is 28.4 Å². The van der Waals surface area contributed by atoms with Gasteiger partial charge in [0.1, 0.15) is 0 Å². The van der Waals surface area contributed by atoms with Crippen LogP contribution in [0, 0.1) is 0 Å². The second-order valence-corrected chi connectivity index (χ2v) is 11.1. The molecule has 2 nitrogen and oxygen atoms in total. The largest absolute Gasteiger partial charge is 0.223 e. The van der Waals surface area contributed by atoms with Gasteiger partial charge in [0.25, 0.3) is 0 Å². The van der Waals surface area contributed by atoms with Gasteiger partial charge in [0.05, 0.1) is 10.2 Å². The van der Waals surface area contributed by atoms with E-state index in [4.69, 9.17) is 0 Å². The van der Waals surface area contributed by atoms with E-state index in [0.717, 1.165) is 6.42 Å². The summed E-state index contributed by atoms with van der Waals surface area (Å²) in [5.41, 5.74) is 0.0645. The van der Waals surface area contributed by atoms with E-state index in [1.54, 1.807) is 6.08 Å². The van der Waals surface area contributed by atoms with Gasteiger partial charge in [-0.2, -0.15) is 0 Å². The van der Waals surface area contributed by atoms with Crippen molar-refractivity contribution in [2.75, 3.05) is 0 Å². The Balaban J connectivity index is 1.77. The monoisotopic (exact) mass is 380 g/mol. The molecule has 2 aromatic rings. The van der Waals surface area contributed by atoms with Crippen LogP contribution in [-0.2, 0) is 9.84 Å². The number of allylic oxidation sites excluding steroid dienone is 4. The molecule has 4 rings (SSSR count). The quantitative estimate of drug-likeness (QED) is 0.579. The first-order valence-electron chi connectivity index (χ1n) is 8.84. The molecule has 0 heterocycles. The molecule has 0 bridgehead atoms. The van der Waals surface area contributed by atoms with E-state index >= 15 is 0 Å². The smallest absolute Gasteiger partial charge is 0.185 e. The van der Waals surface area contributed by atoms with E-state index in [2.05, 4.69) is 24.3 Å². The molecule has 0 aromatic heterocycles. The van der Waals surface area contributed by atoms with E-state index in [-0.39, 0.29) is 5.66 Å². The Bertz CT molecular complexity index is 920. The van der Waals surface area contributed by atoms with Crippen LogP contribution in [0.4, 0.5) is 0 Å². The maximum absolute atomic E-state index is 13.3. The molecule has 2 aromatic carbocycles. The number of benzene rings is 2. The van der Waals surface area contributed by atoms with Crippen molar-refractivity contribution < 1.29 is 8.42 Å². The highest BCUT2D eigenvalue weighted by molar-refractivity contribution is 7.96. The highest BCUT2D eigenvalue weighted by atomic mass is 32.2. The topological polar surface area (TPSA) is 34.1 Å². The van der Waals surface area contributed by atoms with Crippen LogP contribution in [0.25, 0.3) is 0 Å². The lowest BCUT2D eigenvalue weighted by atomic mass is 10.3. The van der Waals surface area contributed by atoms with Crippen LogP contribution in [0.1, 0.15) is 12.8 Å². The SMILES string of the molecule is O=S(=O)(C1=CCC=C1)[C@@H]1C=CCC1P(c1ccccc1)c1ccccc1. The van der Waals surface area contributed by atoms with Crippen molar-refractivity contribution in [3.05, 3.63) is 95.9 Å². The van der Waals surface area contributed by atoms with Crippen LogP contribution in [0.3, 0.4) is 0 Å². The summed E-state index contributed by atoms with van der Waals surface area (Å²) in [6, 6.07) is 20.7. The summed E-state index contributed by atoms with van der Waals surface area (Å²) in [6.45, 7) is 0. The molecular weight excluding hydrogens is 359 g/mol. The Morgan fingerprint density at radius 1 is 0.846 bits per heavy atom. The second kappa shape index (κ2) is 7.34. The second-order valence-electron chi connectivity index (χ2n) is 6.53. The number of rotatable bonds is 5. The third kappa shape index (κ3) is 3.22. The number of sulfone groups is 1. The summed E-state index contributed by atoms with van der Waals surface area (Å²) in [5, 5.41) is 2.01. The molecule has 0 aliphatic heterocycles. The van der Waals surface area contributed by atoms with E-state index < -0.39 is 23.0 Å². The molecule has 2 atom stereocenters. The lowest BCUT2D eigenvalue weighted by molar-refractivity contribution is 0.595. The molecule has 0 spiro atoms. The zero-order valence-corrected chi connectivity index (χ0v) is 16.1. The third-order valence-electron chi connectivity index (χ3n) is 4.91. The van der Waals surface area contributed by atoms with Gasteiger partial charge in [-0.3, -0.25) is 0 Å². The van der Waals surface area contributed by atoms with E-state index in [0.29, 0.717) is 11.3 Å². The fraction of sp³-hybridized carbons (Fsp3) is 0.182. The summed E-state index contributed by atoms with van der Waals surface area (Å²) in [6.07, 6.45) is 11.0. The third-order valence-corrected chi connectivity index (χ3v) is 10.2. The summed E-state index contributed by atoms with van der Waals surface area (Å²) >= 11 is 0. The average Bonchev–Trinajstić information content (AvgIpc) is 3.37. The Hall–Kier alpha value is -1.96. The molecular formula is C22H21O2PS. The first-order chi connectivity index (χ1) is 12.7. The molecule has 2 aliphatic rings. The zero-order chi connectivity index (χ0) is 18.0. The predicted octanol–water partition coefficient (Wildman–Crippen LogP) is 4.08. The molecule has 0 saturated heterocycles. The van der Waals surface area contributed by atoms with E-state index in [1.165, 1.54) is 10.6 Å². The van der Waals surface area contributed by atoms with Crippen molar-refractivity contribution in [1.82, 2.24) is 0 Å². The molecule has 0 fully saturated rings. The Labute approximate surface area is 156 Å². The maximum Gasteiger partial charge on any atom is 0.185 e. The van der Waals surface area contributed by atoms with Crippen molar-refractivity contribution in [1.29, 1.82) is 0 Å². The normalized spacial score (nSPS) is 22.1. The van der Waals surface area contributed by atoms with Gasteiger partial charge < -0.3 is 0 Å². The minimum Gasteiger partial charge on any atom is -0.223 e. The van der Waals surface area contributed by atoms with Crippen LogP contribution in [0.2, 0.25) is 0 Å². The molecule has 0 amide bonds. The summed E-state index contributed by atoms with van der Waals surface area (Å²) in [4.78, 5) is 0.482. The fourth-order valence-corrected chi connectivity index (χ4v) is 9.08.